The van der Waals surface area contributed by atoms with Crippen LogP contribution in [-0.2, 0) is 60.9 Å². The fraction of sp³-hybridized carbons (Fsp3) is 0.414. The smallest absolute Gasteiger partial charge is 0.408 e. The van der Waals surface area contributed by atoms with Crippen LogP contribution < -0.4 is 20.1 Å². The molecule has 374 valence electrons. The van der Waals surface area contributed by atoms with Gasteiger partial charge in [0, 0.05) is 24.9 Å². The topological polar surface area (TPSA) is 138 Å². The third-order valence-corrected chi connectivity index (χ3v) is 17.2. The van der Waals surface area contributed by atoms with Gasteiger partial charge in [-0.2, -0.15) is 0 Å². The summed E-state index contributed by atoms with van der Waals surface area (Å²) in [4.78, 5) is 55.2. The normalized spacial score (nSPS) is 13.5. The molecule has 0 aliphatic heterocycles. The second-order valence-corrected chi connectivity index (χ2v) is 25.4. The SMILES string of the molecule is CC[C@@H](C[C@H](NC(=O)OC(C)(C)C)C(=O)N[C@@H](Cc1cc(-c2ccc(OCc3ccccc3)c(C[C@H](C)C(C)=O)c2)ccc1OCc1ccccc1)C(=O)OCc1ccccc1)O[Si](C)(C)C(C)(C)C. The van der Waals surface area contributed by atoms with Crippen LogP contribution in [0.1, 0.15) is 103 Å². The van der Waals surface area contributed by atoms with E-state index in [0.717, 1.165) is 33.4 Å². The van der Waals surface area contributed by atoms with Crippen molar-refractivity contribution in [3.8, 4) is 22.6 Å². The molecule has 5 aromatic carbocycles. The number of carbonyl (C=O) groups excluding carboxylic acids is 4. The van der Waals surface area contributed by atoms with Gasteiger partial charge in [0.05, 0.1) is 0 Å². The molecule has 2 N–H and O–H groups in total. The summed E-state index contributed by atoms with van der Waals surface area (Å²) in [6.45, 7) is 22.1. The zero-order valence-corrected chi connectivity index (χ0v) is 44.1. The molecular weight excluding hydrogens is 897 g/mol. The van der Waals surface area contributed by atoms with Gasteiger partial charge in [-0.15, -0.1) is 0 Å². The third kappa shape index (κ3) is 17.0. The number of hydrogen-bond donors (Lipinski definition) is 2. The van der Waals surface area contributed by atoms with Crippen LogP contribution in [0.5, 0.6) is 11.5 Å². The lowest BCUT2D eigenvalue weighted by molar-refractivity contribution is -0.149. The van der Waals surface area contributed by atoms with Crippen molar-refractivity contribution >= 4 is 32.1 Å². The number of esters is 1. The number of ether oxygens (including phenoxy) is 4. The number of benzene rings is 5. The third-order valence-electron chi connectivity index (χ3n) is 12.6. The van der Waals surface area contributed by atoms with Gasteiger partial charge in [0.1, 0.15) is 54.8 Å². The first-order valence-electron chi connectivity index (χ1n) is 24.4. The van der Waals surface area contributed by atoms with Crippen LogP contribution >= 0.6 is 0 Å². The van der Waals surface area contributed by atoms with E-state index in [1.807, 2.05) is 141 Å². The highest BCUT2D eigenvalue weighted by molar-refractivity contribution is 6.74. The molecule has 0 aliphatic carbocycles. The first-order valence-corrected chi connectivity index (χ1v) is 27.3. The minimum Gasteiger partial charge on any atom is -0.489 e. The van der Waals surface area contributed by atoms with Crippen molar-refractivity contribution in [2.75, 3.05) is 0 Å². The van der Waals surface area contributed by atoms with Gasteiger partial charge in [0.25, 0.3) is 0 Å². The molecule has 5 aromatic rings. The number of hydrogen-bond acceptors (Lipinski definition) is 9. The Hall–Kier alpha value is -6.24. The summed E-state index contributed by atoms with van der Waals surface area (Å²) in [5.74, 6) is -0.244. The highest BCUT2D eigenvalue weighted by Crippen LogP contribution is 2.38. The molecule has 70 heavy (non-hydrogen) atoms. The van der Waals surface area contributed by atoms with Crippen molar-refractivity contribution in [1.82, 2.24) is 10.6 Å². The Morgan fingerprint density at radius 1 is 0.614 bits per heavy atom. The highest BCUT2D eigenvalue weighted by Gasteiger charge is 2.40. The van der Waals surface area contributed by atoms with Crippen LogP contribution in [0, 0.1) is 5.92 Å². The molecule has 0 bridgehead atoms. The average Bonchev–Trinajstić information content (AvgIpc) is 3.31. The largest absolute Gasteiger partial charge is 0.489 e. The minimum absolute atomic E-state index is 0.0263. The van der Waals surface area contributed by atoms with Crippen LogP contribution in [0.25, 0.3) is 11.1 Å². The van der Waals surface area contributed by atoms with E-state index in [9.17, 15) is 19.2 Å². The maximum Gasteiger partial charge on any atom is 0.408 e. The van der Waals surface area contributed by atoms with E-state index < -0.39 is 44.0 Å². The summed E-state index contributed by atoms with van der Waals surface area (Å²) in [5, 5.41) is 5.70. The standard InChI is InChI=1S/C58H74N2O9Si/c1-12-49(69-70(10,11)58(7,8)9)36-50(60-56(64)68-57(4,5)6)54(62)59-51(55(63)67-39-44-26-20-15-21-27-44)35-48-34-46(29-31-53(48)66-38-43-24-18-14-19-25-43)45-28-30-52(47(33-45)32-40(2)41(3)61)65-37-42-22-16-13-17-23-42/h13-31,33-34,40,49-51H,12,32,35-39H2,1-11H3,(H,59,62)(H,60,64)/t40-,49-,50-,51-/m0/s1. The van der Waals surface area contributed by atoms with Gasteiger partial charge in [-0.25, -0.2) is 9.59 Å². The summed E-state index contributed by atoms with van der Waals surface area (Å²) in [6, 6.07) is 38.4. The minimum atomic E-state index is -2.31. The van der Waals surface area contributed by atoms with Crippen LogP contribution in [0.4, 0.5) is 4.79 Å². The van der Waals surface area contributed by atoms with Gasteiger partial charge in [-0.05, 0) is 122 Å². The van der Waals surface area contributed by atoms with E-state index >= 15 is 0 Å². The Balaban J connectivity index is 1.56. The summed E-state index contributed by atoms with van der Waals surface area (Å²) >= 11 is 0. The molecule has 0 aliphatic rings. The van der Waals surface area contributed by atoms with Crippen molar-refractivity contribution in [1.29, 1.82) is 0 Å². The van der Waals surface area contributed by atoms with Crippen LogP contribution in [0.2, 0.25) is 18.1 Å². The fourth-order valence-corrected chi connectivity index (χ4v) is 8.86. The molecule has 0 heterocycles. The van der Waals surface area contributed by atoms with E-state index in [0.29, 0.717) is 36.5 Å². The lowest BCUT2D eigenvalue weighted by Crippen LogP contribution is -2.55. The molecule has 0 aromatic heterocycles. The van der Waals surface area contributed by atoms with Gasteiger partial charge >= 0.3 is 12.1 Å². The van der Waals surface area contributed by atoms with Crippen LogP contribution in [-0.4, -0.2) is 55.9 Å². The maximum absolute atomic E-state index is 14.8. The second kappa shape index (κ2) is 25.0. The van der Waals surface area contributed by atoms with Gasteiger partial charge in [-0.3, -0.25) is 9.59 Å². The average molecular weight is 971 g/mol. The van der Waals surface area contributed by atoms with Crippen molar-refractivity contribution in [3.63, 3.8) is 0 Å². The van der Waals surface area contributed by atoms with E-state index in [-0.39, 0.29) is 48.9 Å². The highest BCUT2D eigenvalue weighted by atomic mass is 28.4. The summed E-state index contributed by atoms with van der Waals surface area (Å²) < 4.78 is 31.3. The number of Topliss-reactive ketones (excluding diaryl/α,β-unsaturated/α-hetero) is 1. The summed E-state index contributed by atoms with van der Waals surface area (Å²) in [6.07, 6.45) is 0.00750. The van der Waals surface area contributed by atoms with Crippen molar-refractivity contribution in [2.45, 2.75) is 150 Å². The number of amides is 2. The molecule has 0 spiro atoms. The number of carbonyl (C=O) groups is 4. The van der Waals surface area contributed by atoms with E-state index in [1.54, 1.807) is 27.7 Å². The molecule has 12 heteroatoms. The number of nitrogens with one attached hydrogen (secondary N) is 2. The molecule has 0 saturated carbocycles. The summed E-state index contributed by atoms with van der Waals surface area (Å²) in [7, 11) is -2.31. The Morgan fingerprint density at radius 3 is 1.53 bits per heavy atom. The molecule has 0 radical (unpaired) electrons. The predicted octanol–water partition coefficient (Wildman–Crippen LogP) is 12.1. The molecule has 0 unspecified atom stereocenters. The Labute approximate surface area is 417 Å². The second-order valence-electron chi connectivity index (χ2n) is 20.6. The summed E-state index contributed by atoms with van der Waals surface area (Å²) in [5.41, 5.74) is 5.09. The zero-order valence-electron chi connectivity index (χ0n) is 43.1. The van der Waals surface area contributed by atoms with Gasteiger partial charge in [0.2, 0.25) is 5.91 Å². The lowest BCUT2D eigenvalue weighted by atomic mass is 9.93. The number of alkyl carbamates (subject to hydrolysis) is 1. The van der Waals surface area contributed by atoms with Gasteiger partial charge < -0.3 is 34.0 Å². The number of ketones is 1. The lowest BCUT2D eigenvalue weighted by Gasteiger charge is -2.40. The maximum atomic E-state index is 14.8. The van der Waals surface area contributed by atoms with Gasteiger partial charge in [-0.1, -0.05) is 138 Å². The van der Waals surface area contributed by atoms with Gasteiger partial charge in [0.15, 0.2) is 8.32 Å². The molecular formula is C58H74N2O9Si. The van der Waals surface area contributed by atoms with Crippen LogP contribution in [0.3, 0.4) is 0 Å². The zero-order chi connectivity index (χ0) is 51.1. The van der Waals surface area contributed by atoms with E-state index in [2.05, 4.69) is 44.5 Å². The van der Waals surface area contributed by atoms with Crippen LogP contribution in [0.15, 0.2) is 127 Å². The Bertz CT molecular complexity index is 2480. The molecule has 4 atom stereocenters. The fourth-order valence-electron chi connectivity index (χ4n) is 7.41. The van der Waals surface area contributed by atoms with E-state index in [4.69, 9.17) is 23.4 Å². The predicted molar refractivity (Wildman–Crippen MR) is 279 cm³/mol. The molecule has 5 rings (SSSR count). The molecule has 11 nitrogen and oxygen atoms in total. The number of rotatable bonds is 23. The Morgan fingerprint density at radius 2 is 1.09 bits per heavy atom. The monoisotopic (exact) mass is 971 g/mol. The molecule has 2 amide bonds. The first-order chi connectivity index (χ1) is 33.1. The first kappa shape index (κ1) is 54.7. The Kier molecular flexibility index (Phi) is 19.6. The molecule has 0 saturated heterocycles. The molecule has 0 fully saturated rings. The van der Waals surface area contributed by atoms with Crippen molar-refractivity contribution < 1.29 is 42.6 Å². The van der Waals surface area contributed by atoms with E-state index in [1.165, 1.54) is 0 Å². The van der Waals surface area contributed by atoms with Crippen molar-refractivity contribution in [2.24, 2.45) is 5.92 Å². The van der Waals surface area contributed by atoms with Crippen molar-refractivity contribution in [3.05, 3.63) is 155 Å². The quantitative estimate of drug-likeness (QED) is 0.0484.